The van der Waals surface area contributed by atoms with E-state index in [0.717, 1.165) is 135 Å². The summed E-state index contributed by atoms with van der Waals surface area (Å²) in [5.74, 6) is 0. The average Bonchev–Trinajstić information content (AvgIpc) is 3.17. The van der Waals surface area contributed by atoms with Crippen LogP contribution in [0.25, 0.3) is 0 Å². The number of hydrogen-bond donors (Lipinski definition) is 4. The third kappa shape index (κ3) is 37.7. The van der Waals surface area contributed by atoms with Crippen molar-refractivity contribution in [1.29, 1.82) is 0 Å². The molecule has 0 aromatic rings. The van der Waals surface area contributed by atoms with Crippen molar-refractivity contribution < 1.29 is 20.4 Å². The normalized spacial score (nSPS) is 17.7. The largest absolute Gasteiger partial charge is 0.390 e. The Morgan fingerprint density at radius 3 is 0.875 bits per heavy atom. The molecule has 4 N–H and O–H groups in total. The van der Waals surface area contributed by atoms with Crippen LogP contribution in [0.5, 0.6) is 0 Å². The molecule has 0 aliphatic carbocycles. The van der Waals surface area contributed by atoms with Crippen molar-refractivity contribution in [3.63, 3.8) is 0 Å². The summed E-state index contributed by atoms with van der Waals surface area (Å²) in [6, 6.07) is 0. The highest BCUT2D eigenvalue weighted by molar-refractivity contribution is 5.10. The lowest BCUT2D eigenvalue weighted by Crippen LogP contribution is -2.29. The number of aliphatic hydroxyl groups is 4. The van der Waals surface area contributed by atoms with Crippen LogP contribution in [0, 0.1) is 0 Å². The van der Waals surface area contributed by atoms with Crippen LogP contribution >= 0.6 is 0 Å². The van der Waals surface area contributed by atoms with Crippen LogP contribution in [0.2, 0.25) is 0 Å². The van der Waals surface area contributed by atoms with Crippen LogP contribution < -0.4 is 0 Å². The molecule has 0 spiro atoms. The van der Waals surface area contributed by atoms with Gasteiger partial charge < -0.3 is 20.4 Å². The van der Waals surface area contributed by atoms with Gasteiger partial charge in [0.25, 0.3) is 0 Å². The smallest absolute Gasteiger partial charge is 0.0800 e. The molecule has 0 saturated carbocycles. The first-order valence-corrected chi connectivity index (χ1v) is 25.6. The molecule has 0 aliphatic heterocycles. The summed E-state index contributed by atoms with van der Waals surface area (Å²) in [6.45, 7) is 31.2. The molecule has 4 unspecified atom stereocenters. The molecule has 4 atom stereocenters. The van der Waals surface area contributed by atoms with Crippen molar-refractivity contribution in [2.75, 3.05) is 0 Å². The van der Waals surface area contributed by atoms with Crippen molar-refractivity contribution in [1.82, 2.24) is 0 Å². The minimum Gasteiger partial charge on any atom is -0.390 e. The number of rotatable bonds is 37. The molecule has 0 aromatic heterocycles. The van der Waals surface area contributed by atoms with Crippen LogP contribution in [-0.4, -0.2) is 42.8 Å². The monoisotopic (exact) mass is 889 g/mol. The number of allylic oxidation sites excluding steroid dienone is 16. The summed E-state index contributed by atoms with van der Waals surface area (Å²) in [6.07, 6.45) is 44.3. The lowest BCUT2D eigenvalue weighted by atomic mass is 9.85. The third-order valence-electron chi connectivity index (χ3n) is 13.2. The Labute approximate surface area is 397 Å². The summed E-state index contributed by atoms with van der Waals surface area (Å²) in [5, 5.41) is 42.8. The zero-order chi connectivity index (χ0) is 48.7. The van der Waals surface area contributed by atoms with Crippen LogP contribution in [0.1, 0.15) is 251 Å². The predicted molar refractivity (Wildman–Crippen MR) is 284 cm³/mol. The maximum absolute atomic E-state index is 11.0. The second-order valence-electron chi connectivity index (χ2n) is 21.6. The third-order valence-corrected chi connectivity index (χ3v) is 13.2. The molecular formula is C60H104O4. The molecule has 0 aromatic carbocycles. The van der Waals surface area contributed by atoms with Gasteiger partial charge in [-0.25, -0.2) is 0 Å². The maximum Gasteiger partial charge on any atom is 0.0800 e. The van der Waals surface area contributed by atoms with E-state index in [2.05, 4.69) is 118 Å². The Morgan fingerprint density at radius 2 is 0.578 bits per heavy atom. The summed E-state index contributed by atoms with van der Waals surface area (Å²) < 4.78 is 0. The highest BCUT2D eigenvalue weighted by atomic mass is 16.3. The van der Waals surface area contributed by atoms with Gasteiger partial charge in [0, 0.05) is 0 Å². The fourth-order valence-corrected chi connectivity index (χ4v) is 8.20. The molecule has 64 heavy (non-hydrogen) atoms. The first-order chi connectivity index (χ1) is 29.9. The van der Waals surface area contributed by atoms with E-state index >= 15 is 0 Å². The summed E-state index contributed by atoms with van der Waals surface area (Å²) in [4.78, 5) is 0. The summed E-state index contributed by atoms with van der Waals surface area (Å²) in [5.41, 5.74) is 8.57. The van der Waals surface area contributed by atoms with E-state index in [1.807, 2.05) is 27.7 Å². The number of hydrogen-bond acceptors (Lipinski definition) is 4. The Hall–Kier alpha value is -2.50. The van der Waals surface area contributed by atoms with Gasteiger partial charge in [0.1, 0.15) is 0 Å². The van der Waals surface area contributed by atoms with Crippen LogP contribution in [0.3, 0.4) is 0 Å². The fourth-order valence-electron chi connectivity index (χ4n) is 8.20. The van der Waals surface area contributed by atoms with Gasteiger partial charge in [0.15, 0.2) is 0 Å². The minimum absolute atomic E-state index is 0.673. The standard InChI is InChI=1S/C60H104O4/c1-15-57(11,61)42-23-40-55(9)38-20-36-53(7)34-18-32-51(5)30-16-28-50(4)29-17-31-52(6)33-19-35-54(8)37-21-39-56(10)41-24-44-59(13,63)46-26-48-60(14,64)47-25-45-58(12,62)43-22-27-49(2)3/h15,27-28,31-32,35-36,39-40,61-64H,1,16-26,29-30,33-34,37-38,41-48H2,2-14H3/b50-28+,51-32+,52-31+,53-36+,54-35+,55-40+,56-39+. The van der Waals surface area contributed by atoms with Crippen LogP contribution in [-0.2, 0) is 0 Å². The Kier molecular flexibility index (Phi) is 32.6. The molecule has 0 saturated heterocycles. The molecule has 0 amide bonds. The molecule has 0 radical (unpaired) electrons. The van der Waals surface area contributed by atoms with E-state index in [-0.39, 0.29) is 0 Å². The van der Waals surface area contributed by atoms with Crippen molar-refractivity contribution in [3.05, 3.63) is 106 Å². The topological polar surface area (TPSA) is 80.9 Å². The predicted octanol–water partition coefficient (Wildman–Crippen LogP) is 17.5. The highest BCUT2D eigenvalue weighted by Gasteiger charge is 2.26. The summed E-state index contributed by atoms with van der Waals surface area (Å²) >= 11 is 0. The molecule has 0 aliphatic rings. The van der Waals surface area contributed by atoms with Gasteiger partial charge in [-0.05, 0) is 251 Å². The van der Waals surface area contributed by atoms with Crippen molar-refractivity contribution in [2.45, 2.75) is 273 Å². The highest BCUT2D eigenvalue weighted by Crippen LogP contribution is 2.29. The fraction of sp³-hybridized carbons (Fsp3) is 0.700. The summed E-state index contributed by atoms with van der Waals surface area (Å²) in [7, 11) is 0. The van der Waals surface area contributed by atoms with Crippen molar-refractivity contribution >= 4 is 0 Å². The van der Waals surface area contributed by atoms with Gasteiger partial charge in [-0.2, -0.15) is 0 Å². The SMILES string of the molecule is C=CC(C)(O)CC/C=C(\C)CC/C=C(\C)CC/C=C(\C)CC/C=C(\C)CC/C=C(\C)CC/C=C(\C)CC/C=C(\C)CCCC(C)(O)CCCC(C)(O)CCCC(C)(O)CCC=C(C)C. The van der Waals surface area contributed by atoms with E-state index in [9.17, 15) is 20.4 Å². The molecule has 0 heterocycles. The first-order valence-electron chi connectivity index (χ1n) is 25.6. The molecule has 368 valence electrons. The van der Waals surface area contributed by atoms with Gasteiger partial charge in [0.05, 0.1) is 22.4 Å². The van der Waals surface area contributed by atoms with Crippen molar-refractivity contribution in [2.24, 2.45) is 0 Å². The first kappa shape index (κ1) is 61.5. The molecule has 0 fully saturated rings. The van der Waals surface area contributed by atoms with Crippen LogP contribution in [0.4, 0.5) is 0 Å². The van der Waals surface area contributed by atoms with Gasteiger partial charge in [-0.15, -0.1) is 6.58 Å². The van der Waals surface area contributed by atoms with E-state index in [1.165, 1.54) is 44.6 Å². The van der Waals surface area contributed by atoms with Gasteiger partial charge in [-0.3, -0.25) is 0 Å². The average molecular weight is 889 g/mol. The Bertz CT molecular complexity index is 1540. The van der Waals surface area contributed by atoms with E-state index in [4.69, 9.17) is 0 Å². The van der Waals surface area contributed by atoms with Crippen LogP contribution in [0.15, 0.2) is 106 Å². The lowest BCUT2D eigenvalue weighted by molar-refractivity contribution is 0.00200. The second kappa shape index (κ2) is 33.9. The second-order valence-corrected chi connectivity index (χ2v) is 21.6. The Balaban J connectivity index is 4.32. The lowest BCUT2D eigenvalue weighted by Gasteiger charge is -2.29. The molecular weight excluding hydrogens is 785 g/mol. The molecule has 0 bridgehead atoms. The van der Waals surface area contributed by atoms with Gasteiger partial charge in [0.2, 0.25) is 0 Å². The molecule has 4 heteroatoms. The molecule has 0 rings (SSSR count). The van der Waals surface area contributed by atoms with Gasteiger partial charge >= 0.3 is 0 Å². The maximum atomic E-state index is 11.0. The van der Waals surface area contributed by atoms with Gasteiger partial charge in [-0.1, -0.05) is 99.3 Å². The Morgan fingerprint density at radius 1 is 0.328 bits per heavy atom. The van der Waals surface area contributed by atoms with Crippen molar-refractivity contribution in [3.8, 4) is 0 Å². The minimum atomic E-state index is -0.771. The zero-order valence-corrected chi connectivity index (χ0v) is 44.4. The zero-order valence-electron chi connectivity index (χ0n) is 44.4. The van der Waals surface area contributed by atoms with E-state index in [0.29, 0.717) is 25.7 Å². The van der Waals surface area contributed by atoms with E-state index in [1.54, 1.807) is 6.08 Å². The molecule has 4 nitrogen and oxygen atoms in total. The quantitative estimate of drug-likeness (QED) is 0.0469. The van der Waals surface area contributed by atoms with E-state index < -0.39 is 22.4 Å².